The summed E-state index contributed by atoms with van der Waals surface area (Å²) in [5.41, 5.74) is -0.299. The number of anilines is 1. The minimum Gasteiger partial charge on any atom is -0.489 e. The first-order chi connectivity index (χ1) is 9.73. The number of nitrogens with one attached hydrogen (secondary N) is 1. The molecule has 0 aliphatic heterocycles. The van der Waals surface area contributed by atoms with E-state index >= 15 is 0 Å². The van der Waals surface area contributed by atoms with Crippen molar-refractivity contribution in [3.63, 3.8) is 0 Å². The Morgan fingerprint density at radius 1 is 1.38 bits per heavy atom. The summed E-state index contributed by atoms with van der Waals surface area (Å²) in [5.74, 6) is 0.639. The van der Waals surface area contributed by atoms with Gasteiger partial charge in [0.1, 0.15) is 5.75 Å². The molecule has 0 unspecified atom stereocenters. The van der Waals surface area contributed by atoms with Crippen LogP contribution in [0.2, 0.25) is 0 Å². The van der Waals surface area contributed by atoms with Crippen LogP contribution in [0.5, 0.6) is 5.75 Å². The number of aliphatic hydroxyl groups is 1. The molecule has 0 atom stereocenters. The van der Waals surface area contributed by atoms with Crippen molar-refractivity contribution in [1.29, 1.82) is 0 Å². The van der Waals surface area contributed by atoms with Gasteiger partial charge in [-0.05, 0) is 46.8 Å². The van der Waals surface area contributed by atoms with E-state index in [1.165, 1.54) is 0 Å². The lowest BCUT2D eigenvalue weighted by Crippen LogP contribution is -2.44. The molecule has 0 saturated heterocycles. The molecule has 5 heteroatoms. The molecule has 1 aromatic carbocycles. The van der Waals surface area contributed by atoms with Crippen molar-refractivity contribution in [2.45, 2.75) is 46.3 Å². The zero-order chi connectivity index (χ0) is 16.0. The molecule has 0 fully saturated rings. The molecule has 0 bridgehead atoms. The number of amides is 2. The summed E-state index contributed by atoms with van der Waals surface area (Å²) in [5, 5.41) is 12.7. The predicted molar refractivity (Wildman–Crippen MR) is 84.8 cm³/mol. The predicted octanol–water partition coefficient (Wildman–Crippen LogP) is 3.10. The van der Waals surface area contributed by atoms with Gasteiger partial charge in [0, 0.05) is 6.54 Å². The smallest absolute Gasteiger partial charge is 0.322 e. The van der Waals surface area contributed by atoms with E-state index in [0.29, 0.717) is 18.0 Å². The van der Waals surface area contributed by atoms with E-state index in [1.807, 2.05) is 39.0 Å². The van der Waals surface area contributed by atoms with Crippen LogP contribution in [0.25, 0.3) is 0 Å². The van der Waals surface area contributed by atoms with Gasteiger partial charge in [0.05, 0.1) is 23.9 Å². The molecule has 2 N–H and O–H groups in total. The van der Waals surface area contributed by atoms with Gasteiger partial charge in [0.15, 0.2) is 0 Å². The van der Waals surface area contributed by atoms with E-state index in [0.717, 1.165) is 0 Å². The van der Waals surface area contributed by atoms with Crippen LogP contribution in [0.3, 0.4) is 0 Å². The van der Waals surface area contributed by atoms with Crippen LogP contribution in [0.15, 0.2) is 24.3 Å². The Morgan fingerprint density at radius 3 is 2.52 bits per heavy atom. The summed E-state index contributed by atoms with van der Waals surface area (Å²) >= 11 is 0. The third-order valence-electron chi connectivity index (χ3n) is 2.74. The van der Waals surface area contributed by atoms with Gasteiger partial charge in [0.25, 0.3) is 0 Å². The van der Waals surface area contributed by atoms with Crippen LogP contribution in [0, 0.1) is 0 Å². The number of hydrogen-bond acceptors (Lipinski definition) is 3. The quantitative estimate of drug-likeness (QED) is 0.847. The van der Waals surface area contributed by atoms with E-state index in [4.69, 9.17) is 4.74 Å². The maximum absolute atomic E-state index is 12.3. The van der Waals surface area contributed by atoms with E-state index in [2.05, 4.69) is 5.32 Å². The molecule has 0 aromatic heterocycles. The molecular formula is C16H26N2O3. The highest BCUT2D eigenvalue weighted by Gasteiger charge is 2.22. The molecule has 1 aromatic rings. The summed E-state index contributed by atoms with van der Waals surface area (Å²) in [6, 6.07) is 7.08. The van der Waals surface area contributed by atoms with Crippen molar-refractivity contribution in [1.82, 2.24) is 4.90 Å². The number of ether oxygens (including phenoxy) is 1. The maximum atomic E-state index is 12.3. The maximum Gasteiger partial charge on any atom is 0.322 e. The SMILES string of the molecule is CCN(CC(C)(C)O)C(=O)Nc1ccccc1OC(C)C. The van der Waals surface area contributed by atoms with Crippen molar-refractivity contribution >= 4 is 11.7 Å². The van der Waals surface area contributed by atoms with Gasteiger partial charge in [-0.25, -0.2) is 4.79 Å². The molecule has 118 valence electrons. The average Bonchev–Trinajstić information content (AvgIpc) is 2.36. The number of rotatable bonds is 6. The lowest BCUT2D eigenvalue weighted by molar-refractivity contribution is 0.0501. The minimum atomic E-state index is -0.929. The zero-order valence-corrected chi connectivity index (χ0v) is 13.5. The Bertz CT molecular complexity index is 467. The second-order valence-electron chi connectivity index (χ2n) is 5.92. The summed E-state index contributed by atoms with van der Waals surface area (Å²) in [6.07, 6.45) is 0.0294. The molecule has 0 saturated carbocycles. The largest absolute Gasteiger partial charge is 0.489 e. The monoisotopic (exact) mass is 294 g/mol. The Hall–Kier alpha value is -1.75. The van der Waals surface area contributed by atoms with E-state index in [-0.39, 0.29) is 18.7 Å². The molecule has 21 heavy (non-hydrogen) atoms. The van der Waals surface area contributed by atoms with Crippen molar-refractivity contribution in [3.05, 3.63) is 24.3 Å². The Labute approximate surface area is 126 Å². The third-order valence-corrected chi connectivity index (χ3v) is 2.74. The fraction of sp³-hybridized carbons (Fsp3) is 0.562. The van der Waals surface area contributed by atoms with Gasteiger partial charge in [-0.1, -0.05) is 12.1 Å². The molecule has 0 radical (unpaired) electrons. The Kier molecular flexibility index (Phi) is 6.03. The fourth-order valence-electron chi connectivity index (χ4n) is 1.92. The molecule has 2 amide bonds. The topological polar surface area (TPSA) is 61.8 Å². The van der Waals surface area contributed by atoms with Gasteiger partial charge in [-0.3, -0.25) is 0 Å². The number of hydrogen-bond donors (Lipinski definition) is 2. The second-order valence-corrected chi connectivity index (χ2v) is 5.92. The molecule has 0 heterocycles. The summed E-state index contributed by atoms with van der Waals surface area (Å²) in [7, 11) is 0. The molecule has 0 aliphatic rings. The number of para-hydroxylation sites is 2. The number of urea groups is 1. The lowest BCUT2D eigenvalue weighted by Gasteiger charge is -2.28. The highest BCUT2D eigenvalue weighted by atomic mass is 16.5. The van der Waals surface area contributed by atoms with Crippen LogP contribution < -0.4 is 10.1 Å². The Morgan fingerprint density at radius 2 is 2.00 bits per heavy atom. The van der Waals surface area contributed by atoms with Gasteiger partial charge < -0.3 is 20.1 Å². The van der Waals surface area contributed by atoms with Gasteiger partial charge >= 0.3 is 6.03 Å². The molecule has 1 rings (SSSR count). The van der Waals surface area contributed by atoms with Crippen LogP contribution >= 0.6 is 0 Å². The normalized spacial score (nSPS) is 11.4. The number of carbonyl (C=O) groups is 1. The summed E-state index contributed by atoms with van der Waals surface area (Å²) in [6.45, 7) is 9.89. The standard InChI is InChI=1S/C16H26N2O3/c1-6-18(11-16(4,5)20)15(19)17-13-9-7-8-10-14(13)21-12(2)3/h7-10,12,20H,6,11H2,1-5H3,(H,17,19). The van der Waals surface area contributed by atoms with Gasteiger partial charge in [-0.2, -0.15) is 0 Å². The van der Waals surface area contributed by atoms with Gasteiger partial charge in [0.2, 0.25) is 0 Å². The van der Waals surface area contributed by atoms with Crippen molar-refractivity contribution < 1.29 is 14.6 Å². The first kappa shape index (κ1) is 17.3. The third kappa shape index (κ3) is 6.04. The zero-order valence-electron chi connectivity index (χ0n) is 13.5. The Balaban J connectivity index is 2.82. The first-order valence-corrected chi connectivity index (χ1v) is 7.27. The van der Waals surface area contributed by atoms with Crippen LogP contribution in [-0.2, 0) is 0 Å². The van der Waals surface area contributed by atoms with E-state index < -0.39 is 5.60 Å². The first-order valence-electron chi connectivity index (χ1n) is 7.27. The van der Waals surface area contributed by atoms with E-state index in [1.54, 1.807) is 24.8 Å². The van der Waals surface area contributed by atoms with Gasteiger partial charge in [-0.15, -0.1) is 0 Å². The second kappa shape index (κ2) is 7.31. The molecule has 5 nitrogen and oxygen atoms in total. The number of benzene rings is 1. The van der Waals surface area contributed by atoms with Crippen molar-refractivity contribution in [3.8, 4) is 5.75 Å². The molecule has 0 spiro atoms. The minimum absolute atomic E-state index is 0.0294. The van der Waals surface area contributed by atoms with Crippen molar-refractivity contribution in [2.75, 3.05) is 18.4 Å². The van der Waals surface area contributed by atoms with Crippen molar-refractivity contribution in [2.24, 2.45) is 0 Å². The summed E-state index contributed by atoms with van der Waals surface area (Å²) < 4.78 is 5.68. The molecule has 0 aliphatic carbocycles. The van der Waals surface area contributed by atoms with Crippen LogP contribution in [0.1, 0.15) is 34.6 Å². The highest BCUT2D eigenvalue weighted by Crippen LogP contribution is 2.25. The van der Waals surface area contributed by atoms with Crippen LogP contribution in [0.4, 0.5) is 10.5 Å². The summed E-state index contributed by atoms with van der Waals surface area (Å²) in [4.78, 5) is 13.9. The van der Waals surface area contributed by atoms with E-state index in [9.17, 15) is 9.90 Å². The fourth-order valence-corrected chi connectivity index (χ4v) is 1.92. The number of nitrogens with zero attached hydrogens (tertiary/aromatic N) is 1. The van der Waals surface area contributed by atoms with Crippen LogP contribution in [-0.4, -0.2) is 40.8 Å². The lowest BCUT2D eigenvalue weighted by atomic mass is 10.1. The number of carbonyl (C=O) groups excluding carboxylic acids is 1. The highest BCUT2D eigenvalue weighted by molar-refractivity contribution is 5.91. The number of likely N-dealkylation sites (N-methyl/N-ethyl adjacent to an activating group) is 1. The average molecular weight is 294 g/mol. The molecular weight excluding hydrogens is 268 g/mol.